The number of pyridine rings is 3. The summed E-state index contributed by atoms with van der Waals surface area (Å²) in [6.45, 7) is 0. The molecule has 144 valence electrons. The van der Waals surface area contributed by atoms with Crippen LogP contribution in [0.3, 0.4) is 0 Å². The molecular formula is C27H16N4. The maximum Gasteiger partial charge on any atom is 0.148 e. The highest BCUT2D eigenvalue weighted by Crippen LogP contribution is 2.45. The molecule has 0 aliphatic heterocycles. The summed E-state index contributed by atoms with van der Waals surface area (Å²) in [7, 11) is 0. The van der Waals surface area contributed by atoms with Crippen molar-refractivity contribution in [1.29, 1.82) is 0 Å². The molecule has 0 spiro atoms. The highest BCUT2D eigenvalue weighted by atomic mass is 15.1. The molecular weight excluding hydrogens is 380 g/mol. The molecule has 8 rings (SSSR count). The van der Waals surface area contributed by atoms with Crippen molar-refractivity contribution in [1.82, 2.24) is 19.4 Å². The molecule has 0 N–H and O–H groups in total. The lowest BCUT2D eigenvalue weighted by Crippen LogP contribution is -1.98. The van der Waals surface area contributed by atoms with Crippen molar-refractivity contribution in [2.45, 2.75) is 12.8 Å². The Balaban J connectivity index is 1.46. The topological polar surface area (TPSA) is 43.1 Å². The minimum atomic E-state index is 0.874. The summed E-state index contributed by atoms with van der Waals surface area (Å²) in [4.78, 5) is 14.3. The highest BCUT2D eigenvalue weighted by Gasteiger charge is 2.30. The maximum absolute atomic E-state index is 5.17. The van der Waals surface area contributed by atoms with E-state index >= 15 is 0 Å². The van der Waals surface area contributed by atoms with Gasteiger partial charge in [0.05, 0.1) is 11.4 Å². The van der Waals surface area contributed by atoms with Crippen molar-refractivity contribution in [3.05, 3.63) is 95.6 Å². The smallest absolute Gasteiger partial charge is 0.148 e. The van der Waals surface area contributed by atoms with Crippen molar-refractivity contribution in [3.63, 3.8) is 0 Å². The molecule has 0 unspecified atom stereocenters. The van der Waals surface area contributed by atoms with Gasteiger partial charge in [0.2, 0.25) is 0 Å². The summed E-state index contributed by atoms with van der Waals surface area (Å²) in [6, 6.07) is 19.7. The van der Waals surface area contributed by atoms with Gasteiger partial charge in [-0.2, -0.15) is 0 Å². The lowest BCUT2D eigenvalue weighted by molar-refractivity contribution is 1.07. The Morgan fingerprint density at radius 1 is 0.677 bits per heavy atom. The number of hydrogen-bond donors (Lipinski definition) is 0. The fraction of sp³-hybridized carbons (Fsp3) is 0.0741. The molecule has 4 aromatic heterocycles. The first-order valence-electron chi connectivity index (χ1n) is 10.6. The minimum Gasteiger partial charge on any atom is -0.279 e. The Morgan fingerprint density at radius 2 is 1.58 bits per heavy atom. The van der Waals surface area contributed by atoms with Gasteiger partial charge in [-0.1, -0.05) is 24.3 Å². The van der Waals surface area contributed by atoms with Crippen LogP contribution in [0.1, 0.15) is 22.4 Å². The van der Waals surface area contributed by atoms with Crippen molar-refractivity contribution in [2.75, 3.05) is 0 Å². The third-order valence-electron chi connectivity index (χ3n) is 6.95. The molecule has 0 fully saturated rings. The van der Waals surface area contributed by atoms with Crippen LogP contribution in [0.15, 0.2) is 73.2 Å². The predicted octanol–water partition coefficient (Wildman–Crippen LogP) is 5.57. The first-order chi connectivity index (χ1) is 15.4. The Bertz CT molecular complexity index is 1740. The van der Waals surface area contributed by atoms with Gasteiger partial charge in [-0.25, -0.2) is 9.97 Å². The van der Waals surface area contributed by atoms with E-state index in [2.05, 4.69) is 57.9 Å². The van der Waals surface area contributed by atoms with Crippen LogP contribution in [0, 0.1) is 0 Å². The molecule has 2 aromatic carbocycles. The zero-order valence-corrected chi connectivity index (χ0v) is 16.6. The number of nitrogens with zero attached hydrogens (tertiary/aromatic N) is 4. The van der Waals surface area contributed by atoms with Crippen molar-refractivity contribution in [2.24, 2.45) is 0 Å². The molecule has 0 saturated heterocycles. The Kier molecular flexibility index (Phi) is 2.72. The lowest BCUT2D eigenvalue weighted by atomic mass is 9.99. The number of benzene rings is 2. The number of hydrogen-bond acceptors (Lipinski definition) is 3. The van der Waals surface area contributed by atoms with E-state index in [1.54, 1.807) is 0 Å². The van der Waals surface area contributed by atoms with Crippen molar-refractivity contribution < 1.29 is 0 Å². The molecule has 0 atom stereocenters. The summed E-state index contributed by atoms with van der Waals surface area (Å²) in [5.74, 6) is 0. The van der Waals surface area contributed by atoms with Crippen LogP contribution in [-0.2, 0) is 12.8 Å². The minimum absolute atomic E-state index is 0.874. The normalized spacial score (nSPS) is 13.5. The number of rotatable bonds is 0. The first-order valence-corrected chi connectivity index (χ1v) is 10.6. The van der Waals surface area contributed by atoms with E-state index in [9.17, 15) is 0 Å². The molecule has 0 radical (unpaired) electrons. The van der Waals surface area contributed by atoms with Gasteiger partial charge in [0.25, 0.3) is 0 Å². The van der Waals surface area contributed by atoms with Crippen LogP contribution in [0.25, 0.3) is 49.8 Å². The van der Waals surface area contributed by atoms with Gasteiger partial charge in [0, 0.05) is 41.3 Å². The van der Waals surface area contributed by atoms with E-state index in [-0.39, 0.29) is 0 Å². The third kappa shape index (κ3) is 1.88. The van der Waals surface area contributed by atoms with Crippen LogP contribution < -0.4 is 0 Å². The van der Waals surface area contributed by atoms with Crippen LogP contribution >= 0.6 is 0 Å². The second-order valence-electron chi connectivity index (χ2n) is 8.54. The largest absolute Gasteiger partial charge is 0.279 e. The molecule has 2 aliphatic rings. The van der Waals surface area contributed by atoms with E-state index in [1.807, 2.05) is 24.7 Å². The first kappa shape index (κ1) is 15.7. The van der Waals surface area contributed by atoms with Gasteiger partial charge in [0.15, 0.2) is 0 Å². The predicted molar refractivity (Wildman–Crippen MR) is 122 cm³/mol. The molecule has 6 aromatic rings. The van der Waals surface area contributed by atoms with Crippen molar-refractivity contribution in [3.8, 4) is 22.4 Å². The Hall–Kier alpha value is -4.05. The standard InChI is InChI=1S/C27H16N4/c1-2-5-18-15(4-1)10-16-12-22-17(11-21(16)18)13-24-25(22)30-27-23-14-28-9-7-19(23)20-6-3-8-29-26(20)31(24)27/h1-9,11-12,14H,10,13H2. The molecule has 2 aliphatic carbocycles. The summed E-state index contributed by atoms with van der Waals surface area (Å²) in [5.41, 5.74) is 12.5. The fourth-order valence-electron chi connectivity index (χ4n) is 5.61. The second-order valence-corrected chi connectivity index (χ2v) is 8.54. The summed E-state index contributed by atoms with van der Waals surface area (Å²) < 4.78 is 2.26. The molecule has 0 bridgehead atoms. The van der Waals surface area contributed by atoms with Crippen LogP contribution in [0.5, 0.6) is 0 Å². The lowest BCUT2D eigenvalue weighted by Gasteiger charge is -2.09. The fourth-order valence-corrected chi connectivity index (χ4v) is 5.61. The number of fused-ring (bicyclic) bond motifs is 13. The molecule has 4 heteroatoms. The molecule has 4 heterocycles. The highest BCUT2D eigenvalue weighted by molar-refractivity contribution is 6.11. The molecule has 31 heavy (non-hydrogen) atoms. The van der Waals surface area contributed by atoms with E-state index in [1.165, 1.54) is 39.1 Å². The van der Waals surface area contributed by atoms with Gasteiger partial charge in [-0.3, -0.25) is 9.38 Å². The van der Waals surface area contributed by atoms with E-state index in [0.717, 1.165) is 46.0 Å². The quantitative estimate of drug-likeness (QED) is 0.315. The van der Waals surface area contributed by atoms with Gasteiger partial charge >= 0.3 is 0 Å². The third-order valence-corrected chi connectivity index (χ3v) is 6.95. The number of imidazole rings is 1. The zero-order valence-electron chi connectivity index (χ0n) is 16.6. The van der Waals surface area contributed by atoms with Gasteiger partial charge in [0.1, 0.15) is 11.3 Å². The SMILES string of the molecule is c1ccc2c(c1)Cc1cc3c(cc1-2)Cc1c-3nc2c3cnccc3c3cccnc3n12. The zero-order chi connectivity index (χ0) is 20.1. The van der Waals surface area contributed by atoms with Crippen LogP contribution in [0.4, 0.5) is 0 Å². The van der Waals surface area contributed by atoms with Crippen molar-refractivity contribution >= 4 is 27.5 Å². The van der Waals surface area contributed by atoms with E-state index in [4.69, 9.17) is 9.97 Å². The van der Waals surface area contributed by atoms with E-state index in [0.29, 0.717) is 0 Å². The molecule has 0 saturated carbocycles. The molecule has 0 amide bonds. The number of aromatic nitrogens is 4. The molecule has 4 nitrogen and oxygen atoms in total. The summed E-state index contributed by atoms with van der Waals surface area (Å²) >= 11 is 0. The average Bonchev–Trinajstić information content (AvgIpc) is 3.47. The average molecular weight is 396 g/mol. The maximum atomic E-state index is 5.17. The summed E-state index contributed by atoms with van der Waals surface area (Å²) in [5, 5.41) is 3.37. The van der Waals surface area contributed by atoms with Gasteiger partial charge in [-0.05, 0) is 70.0 Å². The van der Waals surface area contributed by atoms with Crippen LogP contribution in [-0.4, -0.2) is 19.4 Å². The van der Waals surface area contributed by atoms with E-state index < -0.39 is 0 Å². The summed E-state index contributed by atoms with van der Waals surface area (Å²) in [6.07, 6.45) is 7.52. The van der Waals surface area contributed by atoms with Gasteiger partial charge < -0.3 is 0 Å². The van der Waals surface area contributed by atoms with Gasteiger partial charge in [-0.15, -0.1) is 0 Å². The monoisotopic (exact) mass is 396 g/mol. The van der Waals surface area contributed by atoms with Crippen LogP contribution in [0.2, 0.25) is 0 Å². The Morgan fingerprint density at radius 3 is 2.58 bits per heavy atom. The Labute approximate surface area is 177 Å². The second kappa shape index (κ2) is 5.35.